The number of hydrogen-bond donors (Lipinski definition) is 0. The fraction of sp³-hybridized carbons (Fsp3) is 0.278. The van der Waals surface area contributed by atoms with Gasteiger partial charge in [-0.05, 0) is 37.1 Å². The van der Waals surface area contributed by atoms with Crippen LogP contribution in [0.3, 0.4) is 0 Å². The first-order chi connectivity index (χ1) is 11.1. The summed E-state index contributed by atoms with van der Waals surface area (Å²) in [5, 5.41) is 9.28. The molecule has 120 valence electrons. The molecule has 0 aliphatic rings. The molecule has 0 fully saturated rings. The predicted molar refractivity (Wildman–Crippen MR) is 89.6 cm³/mol. The summed E-state index contributed by atoms with van der Waals surface area (Å²) in [5.74, 6) is 1.69. The molecule has 2 aromatic rings. The van der Waals surface area contributed by atoms with Crippen molar-refractivity contribution in [3.63, 3.8) is 0 Å². The molecule has 23 heavy (non-hydrogen) atoms. The summed E-state index contributed by atoms with van der Waals surface area (Å²) >= 11 is 6.14. The lowest BCUT2D eigenvalue weighted by Gasteiger charge is -2.14. The second-order valence-corrected chi connectivity index (χ2v) is 5.40. The van der Waals surface area contributed by atoms with Crippen molar-refractivity contribution in [3.8, 4) is 23.3 Å². The highest BCUT2D eigenvalue weighted by Crippen LogP contribution is 2.36. The van der Waals surface area contributed by atoms with Gasteiger partial charge in [-0.3, -0.25) is 0 Å². The van der Waals surface area contributed by atoms with Gasteiger partial charge in [-0.2, -0.15) is 5.26 Å². The third kappa shape index (κ3) is 4.08. The van der Waals surface area contributed by atoms with Crippen LogP contribution in [0.4, 0.5) is 0 Å². The van der Waals surface area contributed by atoms with E-state index in [0.29, 0.717) is 35.3 Å². The first-order valence-electron chi connectivity index (χ1n) is 7.16. The zero-order valence-corrected chi connectivity index (χ0v) is 14.1. The Morgan fingerprint density at radius 2 is 1.83 bits per heavy atom. The van der Waals surface area contributed by atoms with Gasteiger partial charge in [0, 0.05) is 6.07 Å². The van der Waals surface area contributed by atoms with E-state index in [0.717, 1.165) is 11.3 Å². The van der Waals surface area contributed by atoms with Crippen LogP contribution in [-0.2, 0) is 0 Å². The molecule has 0 aromatic heterocycles. The zero-order valence-electron chi connectivity index (χ0n) is 13.4. The van der Waals surface area contributed by atoms with E-state index < -0.39 is 0 Å². The molecule has 0 radical (unpaired) electrons. The largest absolute Gasteiger partial charge is 0.493 e. The summed E-state index contributed by atoms with van der Waals surface area (Å²) in [7, 11) is 1.51. The Morgan fingerprint density at radius 3 is 2.52 bits per heavy atom. The van der Waals surface area contributed by atoms with Gasteiger partial charge >= 0.3 is 0 Å². The van der Waals surface area contributed by atoms with Crippen LogP contribution in [0.15, 0.2) is 30.3 Å². The highest BCUT2D eigenvalue weighted by atomic mass is 35.5. The van der Waals surface area contributed by atoms with Gasteiger partial charge in [0.15, 0.2) is 11.5 Å². The number of nitrogens with zero attached hydrogens (tertiary/aromatic N) is 1. The number of ether oxygens (including phenoxy) is 3. The van der Waals surface area contributed by atoms with Gasteiger partial charge in [0.1, 0.15) is 19.0 Å². The summed E-state index contributed by atoms with van der Waals surface area (Å²) in [6.07, 6.45) is 0. The first kappa shape index (κ1) is 17.0. The van der Waals surface area contributed by atoms with Gasteiger partial charge < -0.3 is 14.2 Å². The molecule has 2 rings (SSSR count). The summed E-state index contributed by atoms with van der Waals surface area (Å²) < 4.78 is 16.6. The second-order valence-electron chi connectivity index (χ2n) is 5.00. The van der Waals surface area contributed by atoms with Crippen molar-refractivity contribution < 1.29 is 14.2 Å². The van der Waals surface area contributed by atoms with E-state index in [1.54, 1.807) is 12.1 Å². The number of benzene rings is 2. The van der Waals surface area contributed by atoms with Gasteiger partial charge in [-0.1, -0.05) is 23.7 Å². The number of nitriles is 1. The fourth-order valence-corrected chi connectivity index (χ4v) is 2.37. The van der Waals surface area contributed by atoms with E-state index in [4.69, 9.17) is 31.1 Å². The van der Waals surface area contributed by atoms with E-state index in [1.807, 2.05) is 38.1 Å². The third-order valence-corrected chi connectivity index (χ3v) is 3.78. The fourth-order valence-electron chi connectivity index (χ4n) is 2.10. The Bertz CT molecular complexity index is 738. The van der Waals surface area contributed by atoms with Crippen LogP contribution < -0.4 is 14.2 Å². The molecule has 0 bridgehead atoms. The minimum absolute atomic E-state index is 0.315. The van der Waals surface area contributed by atoms with Crippen molar-refractivity contribution in [1.82, 2.24) is 0 Å². The molecule has 0 aliphatic heterocycles. The van der Waals surface area contributed by atoms with E-state index in [-0.39, 0.29) is 0 Å². The van der Waals surface area contributed by atoms with Gasteiger partial charge in [-0.15, -0.1) is 0 Å². The minimum Gasteiger partial charge on any atom is -0.493 e. The van der Waals surface area contributed by atoms with Crippen LogP contribution in [0.2, 0.25) is 5.02 Å². The Labute approximate surface area is 141 Å². The normalized spacial score (nSPS) is 10.0. The van der Waals surface area contributed by atoms with Crippen LogP contribution >= 0.6 is 11.6 Å². The highest BCUT2D eigenvalue weighted by Gasteiger charge is 2.12. The summed E-state index contributed by atoms with van der Waals surface area (Å²) in [6.45, 7) is 4.76. The van der Waals surface area contributed by atoms with Crippen molar-refractivity contribution in [2.45, 2.75) is 13.8 Å². The van der Waals surface area contributed by atoms with Crippen LogP contribution in [0.1, 0.15) is 16.7 Å². The average Bonchev–Trinajstić information content (AvgIpc) is 2.55. The van der Waals surface area contributed by atoms with Crippen LogP contribution in [0.5, 0.6) is 17.2 Å². The lowest BCUT2D eigenvalue weighted by molar-refractivity contribution is 0.210. The lowest BCUT2D eigenvalue weighted by atomic mass is 10.1. The molecule has 0 spiro atoms. The van der Waals surface area contributed by atoms with Gasteiger partial charge in [0.05, 0.1) is 23.8 Å². The molecule has 0 saturated carbocycles. The van der Waals surface area contributed by atoms with Gasteiger partial charge in [-0.25, -0.2) is 0 Å². The monoisotopic (exact) mass is 331 g/mol. The Morgan fingerprint density at radius 1 is 1.09 bits per heavy atom. The summed E-state index contributed by atoms with van der Waals surface area (Å²) in [6, 6.07) is 11.1. The molecule has 0 amide bonds. The molecule has 2 aromatic carbocycles. The molecular weight excluding hydrogens is 314 g/mol. The average molecular weight is 332 g/mol. The van der Waals surface area contributed by atoms with E-state index in [9.17, 15) is 0 Å². The molecule has 0 saturated heterocycles. The molecule has 4 nitrogen and oxygen atoms in total. The van der Waals surface area contributed by atoms with E-state index in [1.165, 1.54) is 12.7 Å². The smallest absolute Gasteiger partial charge is 0.179 e. The summed E-state index contributed by atoms with van der Waals surface area (Å²) in [5.41, 5.74) is 2.72. The molecule has 0 unspecified atom stereocenters. The Hall–Kier alpha value is -2.38. The van der Waals surface area contributed by atoms with E-state index >= 15 is 0 Å². The lowest BCUT2D eigenvalue weighted by Crippen LogP contribution is -2.10. The van der Waals surface area contributed by atoms with Crippen LogP contribution in [-0.4, -0.2) is 20.3 Å². The van der Waals surface area contributed by atoms with Crippen molar-refractivity contribution in [1.29, 1.82) is 5.26 Å². The molecule has 0 aliphatic carbocycles. The first-order valence-corrected chi connectivity index (χ1v) is 7.54. The minimum atomic E-state index is 0.315. The Balaban J connectivity index is 1.99. The topological polar surface area (TPSA) is 51.5 Å². The van der Waals surface area contributed by atoms with Gasteiger partial charge in [0.25, 0.3) is 0 Å². The quantitative estimate of drug-likeness (QED) is 0.741. The number of methoxy groups -OCH3 is 1. The maximum atomic E-state index is 8.94. The summed E-state index contributed by atoms with van der Waals surface area (Å²) in [4.78, 5) is 0. The Kier molecular flexibility index (Phi) is 5.72. The molecule has 5 heteroatoms. The number of halogens is 1. The van der Waals surface area contributed by atoms with Crippen molar-refractivity contribution in [2.75, 3.05) is 20.3 Å². The molecule has 0 atom stereocenters. The molecular formula is C18H18ClNO3. The van der Waals surface area contributed by atoms with Gasteiger partial charge in [0.2, 0.25) is 0 Å². The molecule has 0 N–H and O–H groups in total. The van der Waals surface area contributed by atoms with Crippen molar-refractivity contribution in [3.05, 3.63) is 52.0 Å². The number of hydrogen-bond acceptors (Lipinski definition) is 4. The number of aryl methyl sites for hydroxylation is 1. The van der Waals surface area contributed by atoms with Crippen LogP contribution in [0.25, 0.3) is 0 Å². The molecule has 0 heterocycles. The standard InChI is InChI=1S/C18H18ClNO3/c1-12-5-4-6-16(13(12)2)22-7-8-23-18-15(19)9-14(11-20)10-17(18)21-3/h4-6,9-10H,7-8H2,1-3H3. The maximum absolute atomic E-state index is 8.94. The maximum Gasteiger partial charge on any atom is 0.179 e. The third-order valence-electron chi connectivity index (χ3n) is 3.50. The number of rotatable bonds is 6. The zero-order chi connectivity index (χ0) is 16.8. The second kappa shape index (κ2) is 7.75. The van der Waals surface area contributed by atoms with Crippen LogP contribution in [0, 0.1) is 25.2 Å². The van der Waals surface area contributed by atoms with Crippen molar-refractivity contribution in [2.24, 2.45) is 0 Å². The highest BCUT2D eigenvalue weighted by molar-refractivity contribution is 6.32. The van der Waals surface area contributed by atoms with E-state index in [2.05, 4.69) is 0 Å². The predicted octanol–water partition coefficient (Wildman–Crippen LogP) is 4.29. The SMILES string of the molecule is COc1cc(C#N)cc(Cl)c1OCCOc1cccc(C)c1C. The van der Waals surface area contributed by atoms with Crippen molar-refractivity contribution >= 4 is 11.6 Å².